The highest BCUT2D eigenvalue weighted by molar-refractivity contribution is 6.42. The standard InChI is InChI=1S/C16H21Cl2N5O/c1-12(4-5-22-6-8-24-9-7-22)19-16-11-23(21-20-16)13-2-3-14(17)15(18)10-13/h2-3,10-12,19H,4-9H2,1H3. The van der Waals surface area contributed by atoms with Crippen molar-refractivity contribution in [2.75, 3.05) is 38.2 Å². The SMILES string of the molecule is CC(CCN1CCOCC1)Nc1cn(-c2ccc(Cl)c(Cl)c2)nn1. The highest BCUT2D eigenvalue weighted by Gasteiger charge is 2.13. The number of benzene rings is 1. The van der Waals surface area contributed by atoms with Crippen molar-refractivity contribution in [1.29, 1.82) is 0 Å². The van der Waals surface area contributed by atoms with Crippen LogP contribution in [0.1, 0.15) is 13.3 Å². The Morgan fingerprint density at radius 3 is 2.79 bits per heavy atom. The summed E-state index contributed by atoms with van der Waals surface area (Å²) in [5.74, 6) is 0.746. The summed E-state index contributed by atoms with van der Waals surface area (Å²) in [6.07, 6.45) is 2.89. The third-order valence-electron chi connectivity index (χ3n) is 4.04. The molecule has 130 valence electrons. The zero-order chi connectivity index (χ0) is 16.9. The molecule has 1 N–H and O–H groups in total. The predicted molar refractivity (Wildman–Crippen MR) is 96.3 cm³/mol. The largest absolute Gasteiger partial charge is 0.379 e. The van der Waals surface area contributed by atoms with E-state index in [1.165, 1.54) is 0 Å². The molecule has 0 saturated carbocycles. The zero-order valence-corrected chi connectivity index (χ0v) is 15.1. The van der Waals surface area contributed by atoms with Crippen LogP contribution in [0.15, 0.2) is 24.4 Å². The summed E-state index contributed by atoms with van der Waals surface area (Å²) in [6.45, 7) is 6.90. The lowest BCUT2D eigenvalue weighted by molar-refractivity contribution is 0.0370. The van der Waals surface area contributed by atoms with Crippen LogP contribution in [0.4, 0.5) is 5.82 Å². The van der Waals surface area contributed by atoms with E-state index in [2.05, 4.69) is 27.5 Å². The molecule has 3 rings (SSSR count). The van der Waals surface area contributed by atoms with E-state index in [-0.39, 0.29) is 0 Å². The first kappa shape index (κ1) is 17.5. The van der Waals surface area contributed by atoms with Gasteiger partial charge in [-0.2, -0.15) is 0 Å². The Bertz CT molecular complexity index is 672. The van der Waals surface area contributed by atoms with E-state index in [0.717, 1.165) is 50.8 Å². The van der Waals surface area contributed by atoms with Crippen LogP contribution >= 0.6 is 23.2 Å². The summed E-state index contributed by atoms with van der Waals surface area (Å²) in [6, 6.07) is 5.68. The topological polar surface area (TPSA) is 55.2 Å². The van der Waals surface area contributed by atoms with E-state index in [4.69, 9.17) is 27.9 Å². The number of nitrogens with one attached hydrogen (secondary N) is 1. The van der Waals surface area contributed by atoms with Gasteiger partial charge < -0.3 is 10.1 Å². The number of hydrogen-bond donors (Lipinski definition) is 1. The third kappa shape index (κ3) is 4.60. The Balaban J connectivity index is 1.54. The lowest BCUT2D eigenvalue weighted by Gasteiger charge is -2.27. The van der Waals surface area contributed by atoms with Gasteiger partial charge >= 0.3 is 0 Å². The number of aromatic nitrogens is 3. The van der Waals surface area contributed by atoms with Crippen molar-refractivity contribution in [3.05, 3.63) is 34.4 Å². The van der Waals surface area contributed by atoms with E-state index < -0.39 is 0 Å². The molecule has 0 spiro atoms. The first-order valence-electron chi connectivity index (χ1n) is 8.06. The van der Waals surface area contributed by atoms with E-state index in [0.29, 0.717) is 16.1 Å². The molecule has 1 unspecified atom stereocenters. The van der Waals surface area contributed by atoms with Crippen LogP contribution < -0.4 is 5.32 Å². The van der Waals surface area contributed by atoms with E-state index in [9.17, 15) is 0 Å². The smallest absolute Gasteiger partial charge is 0.169 e. The number of rotatable bonds is 6. The third-order valence-corrected chi connectivity index (χ3v) is 4.78. The summed E-state index contributed by atoms with van der Waals surface area (Å²) in [7, 11) is 0. The Labute approximate surface area is 151 Å². The van der Waals surface area contributed by atoms with E-state index >= 15 is 0 Å². The van der Waals surface area contributed by atoms with Gasteiger partial charge in [-0.3, -0.25) is 4.90 Å². The zero-order valence-electron chi connectivity index (χ0n) is 13.6. The lowest BCUT2D eigenvalue weighted by atomic mass is 10.2. The highest BCUT2D eigenvalue weighted by atomic mass is 35.5. The van der Waals surface area contributed by atoms with Crippen LogP contribution in [0.3, 0.4) is 0 Å². The normalized spacial score (nSPS) is 17.0. The summed E-state index contributed by atoms with van der Waals surface area (Å²) >= 11 is 12.0. The van der Waals surface area contributed by atoms with Gasteiger partial charge in [0.1, 0.15) is 0 Å². The van der Waals surface area contributed by atoms with Crippen molar-refractivity contribution < 1.29 is 4.74 Å². The van der Waals surface area contributed by atoms with Crippen molar-refractivity contribution in [2.24, 2.45) is 0 Å². The van der Waals surface area contributed by atoms with Crippen LogP contribution in [-0.2, 0) is 4.74 Å². The molecule has 1 aromatic carbocycles. The van der Waals surface area contributed by atoms with Crippen molar-refractivity contribution in [2.45, 2.75) is 19.4 Å². The molecule has 2 aromatic rings. The van der Waals surface area contributed by atoms with Crippen LogP contribution in [0.25, 0.3) is 5.69 Å². The maximum atomic E-state index is 6.05. The molecular weight excluding hydrogens is 349 g/mol. The molecule has 0 aliphatic carbocycles. The predicted octanol–water partition coefficient (Wildman–Crippen LogP) is 3.10. The number of anilines is 1. The van der Waals surface area contributed by atoms with Crippen molar-refractivity contribution in [1.82, 2.24) is 19.9 Å². The fourth-order valence-corrected chi connectivity index (χ4v) is 2.90. The minimum atomic E-state index is 0.312. The molecule has 6 nitrogen and oxygen atoms in total. The minimum absolute atomic E-state index is 0.312. The van der Waals surface area contributed by atoms with Gasteiger partial charge in [-0.05, 0) is 31.5 Å². The van der Waals surface area contributed by atoms with Crippen LogP contribution in [0, 0.1) is 0 Å². The lowest BCUT2D eigenvalue weighted by Crippen LogP contribution is -2.38. The summed E-state index contributed by atoms with van der Waals surface area (Å²) in [5, 5.41) is 12.7. The van der Waals surface area contributed by atoms with Gasteiger partial charge in [0.25, 0.3) is 0 Å². The van der Waals surface area contributed by atoms with Gasteiger partial charge in [0.2, 0.25) is 0 Å². The van der Waals surface area contributed by atoms with Crippen molar-refractivity contribution in [3.63, 3.8) is 0 Å². The molecule has 0 amide bonds. The Morgan fingerprint density at radius 2 is 2.04 bits per heavy atom. The van der Waals surface area contributed by atoms with Crippen molar-refractivity contribution in [3.8, 4) is 5.69 Å². The summed E-state index contributed by atoms with van der Waals surface area (Å²) in [4.78, 5) is 2.42. The second-order valence-electron chi connectivity index (χ2n) is 5.93. The molecular formula is C16H21Cl2N5O. The molecule has 1 fully saturated rings. The monoisotopic (exact) mass is 369 g/mol. The van der Waals surface area contributed by atoms with Gasteiger partial charge in [0, 0.05) is 25.7 Å². The molecule has 1 aliphatic heterocycles. The molecule has 8 heteroatoms. The Morgan fingerprint density at radius 1 is 1.25 bits per heavy atom. The first-order chi connectivity index (χ1) is 11.6. The molecule has 0 radical (unpaired) electrons. The number of halogens is 2. The fourth-order valence-electron chi connectivity index (χ4n) is 2.61. The van der Waals surface area contributed by atoms with Gasteiger partial charge in [-0.25, -0.2) is 4.68 Å². The van der Waals surface area contributed by atoms with Gasteiger partial charge in [0.15, 0.2) is 5.82 Å². The van der Waals surface area contributed by atoms with Crippen molar-refractivity contribution >= 4 is 29.0 Å². The molecule has 1 aromatic heterocycles. The Kier molecular flexibility index (Phi) is 5.94. The van der Waals surface area contributed by atoms with Crippen LogP contribution in [0.2, 0.25) is 10.0 Å². The van der Waals surface area contributed by atoms with Crippen LogP contribution in [0.5, 0.6) is 0 Å². The number of ether oxygens (including phenoxy) is 1. The molecule has 0 bridgehead atoms. The molecule has 1 aliphatic rings. The average molecular weight is 370 g/mol. The maximum Gasteiger partial charge on any atom is 0.169 e. The quantitative estimate of drug-likeness (QED) is 0.847. The minimum Gasteiger partial charge on any atom is -0.379 e. The second kappa shape index (κ2) is 8.16. The fraction of sp³-hybridized carbons (Fsp3) is 0.500. The molecule has 2 heterocycles. The van der Waals surface area contributed by atoms with Gasteiger partial charge in [-0.15, -0.1) is 5.10 Å². The van der Waals surface area contributed by atoms with E-state index in [1.54, 1.807) is 16.8 Å². The van der Waals surface area contributed by atoms with E-state index in [1.807, 2.05) is 12.3 Å². The average Bonchev–Trinajstić information content (AvgIpc) is 3.05. The number of nitrogens with zero attached hydrogens (tertiary/aromatic N) is 4. The first-order valence-corrected chi connectivity index (χ1v) is 8.82. The summed E-state index contributed by atoms with van der Waals surface area (Å²) in [5.41, 5.74) is 0.825. The second-order valence-corrected chi connectivity index (χ2v) is 6.75. The maximum absolute atomic E-state index is 6.05. The molecule has 24 heavy (non-hydrogen) atoms. The van der Waals surface area contributed by atoms with Gasteiger partial charge in [0.05, 0.1) is 35.1 Å². The van der Waals surface area contributed by atoms with Gasteiger partial charge in [-0.1, -0.05) is 28.4 Å². The highest BCUT2D eigenvalue weighted by Crippen LogP contribution is 2.24. The summed E-state index contributed by atoms with van der Waals surface area (Å²) < 4.78 is 7.05. The Hall–Kier alpha value is -1.34. The van der Waals surface area contributed by atoms with Crippen LogP contribution in [-0.4, -0.2) is 58.8 Å². The number of morpholine rings is 1. The molecule has 1 saturated heterocycles. The molecule has 1 atom stereocenters. The number of hydrogen-bond acceptors (Lipinski definition) is 5.